The van der Waals surface area contributed by atoms with E-state index in [1.54, 1.807) is 13.3 Å². The van der Waals surface area contributed by atoms with Crippen molar-refractivity contribution in [3.63, 3.8) is 0 Å². The van der Waals surface area contributed by atoms with E-state index in [-0.39, 0.29) is 0 Å². The highest BCUT2D eigenvalue weighted by Crippen LogP contribution is 2.27. The van der Waals surface area contributed by atoms with Crippen LogP contribution in [0.4, 0.5) is 5.13 Å². The van der Waals surface area contributed by atoms with Crippen molar-refractivity contribution in [3.05, 3.63) is 34.8 Å². The Morgan fingerprint density at radius 3 is 2.87 bits per heavy atom. The van der Waals surface area contributed by atoms with Gasteiger partial charge < -0.3 is 9.47 Å². The Kier molecular flexibility index (Phi) is 6.87. The Bertz CT molecular complexity index is 641. The number of hydrogen-bond donors (Lipinski definition) is 1. The van der Waals surface area contributed by atoms with Crippen LogP contribution in [0.3, 0.4) is 0 Å². The highest BCUT2D eigenvalue weighted by Gasteiger charge is 2.05. The fraction of sp³-hybridized carbons (Fsp3) is 0.412. The summed E-state index contributed by atoms with van der Waals surface area (Å²) >= 11 is 1.53. The van der Waals surface area contributed by atoms with Gasteiger partial charge in [0.1, 0.15) is 0 Å². The zero-order valence-electron chi connectivity index (χ0n) is 13.8. The summed E-state index contributed by atoms with van der Waals surface area (Å²) in [5, 5.41) is 6.95. The fourth-order valence-electron chi connectivity index (χ4n) is 1.99. The first-order chi connectivity index (χ1) is 11.2. The van der Waals surface area contributed by atoms with Crippen LogP contribution in [-0.2, 0) is 0 Å². The Hall–Kier alpha value is -2.08. The number of methoxy groups -OCH3 is 1. The second kappa shape index (κ2) is 9.15. The van der Waals surface area contributed by atoms with Crippen LogP contribution in [0, 0.1) is 6.92 Å². The standard InChI is InChI=1S/C17H23N3O2S/c1-4-5-6-9-22-15-8-7-14(10-16(15)21-3)11-18-20-17-19-13(2)12-23-17/h7-8,10-12H,4-6,9H2,1-3H3,(H,19,20)/b18-11+. The second-order valence-electron chi connectivity index (χ2n) is 5.13. The Balaban J connectivity index is 1.94. The molecule has 1 N–H and O–H groups in total. The van der Waals surface area contributed by atoms with Gasteiger partial charge in [0.2, 0.25) is 5.13 Å². The van der Waals surface area contributed by atoms with Crippen LogP contribution in [0.25, 0.3) is 0 Å². The number of hydrogen-bond acceptors (Lipinski definition) is 6. The molecule has 0 spiro atoms. The number of anilines is 1. The van der Waals surface area contributed by atoms with Crippen molar-refractivity contribution >= 4 is 22.7 Å². The molecule has 0 saturated heterocycles. The van der Waals surface area contributed by atoms with Crippen molar-refractivity contribution in [2.24, 2.45) is 5.10 Å². The number of benzene rings is 1. The normalized spacial score (nSPS) is 10.9. The maximum absolute atomic E-state index is 5.77. The summed E-state index contributed by atoms with van der Waals surface area (Å²) in [6.07, 6.45) is 5.15. The van der Waals surface area contributed by atoms with Gasteiger partial charge >= 0.3 is 0 Å². The molecule has 5 nitrogen and oxygen atoms in total. The molecule has 0 amide bonds. The van der Waals surface area contributed by atoms with Crippen LogP contribution in [0.2, 0.25) is 0 Å². The summed E-state index contributed by atoms with van der Waals surface area (Å²) in [6.45, 7) is 4.84. The molecule has 23 heavy (non-hydrogen) atoms. The summed E-state index contributed by atoms with van der Waals surface area (Å²) < 4.78 is 11.2. The van der Waals surface area contributed by atoms with Crippen molar-refractivity contribution in [2.45, 2.75) is 33.1 Å². The monoisotopic (exact) mass is 333 g/mol. The van der Waals surface area contributed by atoms with E-state index in [0.29, 0.717) is 6.61 Å². The zero-order valence-corrected chi connectivity index (χ0v) is 14.7. The first kappa shape index (κ1) is 17.3. The minimum absolute atomic E-state index is 0.711. The number of nitrogens with zero attached hydrogens (tertiary/aromatic N) is 2. The highest BCUT2D eigenvalue weighted by atomic mass is 32.1. The number of thiazole rings is 1. The Labute approximate surface area is 141 Å². The van der Waals surface area contributed by atoms with Crippen LogP contribution >= 0.6 is 11.3 Å². The van der Waals surface area contributed by atoms with E-state index in [0.717, 1.165) is 34.3 Å². The third kappa shape index (κ3) is 5.56. The molecule has 0 radical (unpaired) electrons. The van der Waals surface area contributed by atoms with E-state index in [2.05, 4.69) is 22.4 Å². The molecule has 0 fully saturated rings. The lowest BCUT2D eigenvalue weighted by Gasteiger charge is -2.11. The van der Waals surface area contributed by atoms with Gasteiger partial charge in [-0.05, 0) is 37.1 Å². The lowest BCUT2D eigenvalue weighted by molar-refractivity contribution is 0.286. The topological polar surface area (TPSA) is 55.7 Å². The van der Waals surface area contributed by atoms with Crippen molar-refractivity contribution in [1.82, 2.24) is 4.98 Å². The number of hydrazone groups is 1. The van der Waals surface area contributed by atoms with Crippen molar-refractivity contribution in [1.29, 1.82) is 0 Å². The van der Waals surface area contributed by atoms with Crippen molar-refractivity contribution < 1.29 is 9.47 Å². The molecular formula is C17H23N3O2S. The van der Waals surface area contributed by atoms with Gasteiger partial charge in [-0.25, -0.2) is 4.98 Å². The molecule has 0 bridgehead atoms. The van der Waals surface area contributed by atoms with E-state index in [1.807, 2.05) is 30.5 Å². The summed E-state index contributed by atoms with van der Waals surface area (Å²) in [7, 11) is 1.64. The number of ether oxygens (including phenoxy) is 2. The summed E-state index contributed by atoms with van der Waals surface area (Å²) in [5.74, 6) is 1.49. The quantitative estimate of drug-likeness (QED) is 0.418. The summed E-state index contributed by atoms with van der Waals surface area (Å²) in [4.78, 5) is 4.29. The lowest BCUT2D eigenvalue weighted by atomic mass is 10.2. The molecular weight excluding hydrogens is 310 g/mol. The van der Waals surface area contributed by atoms with Gasteiger partial charge in [0, 0.05) is 5.38 Å². The SMILES string of the molecule is CCCCCOc1ccc(/C=N/Nc2nc(C)cs2)cc1OC. The van der Waals surface area contributed by atoms with Crippen LogP contribution in [-0.4, -0.2) is 24.9 Å². The Morgan fingerprint density at radius 1 is 1.30 bits per heavy atom. The molecule has 0 aliphatic rings. The van der Waals surface area contributed by atoms with Crippen LogP contribution < -0.4 is 14.9 Å². The molecule has 2 aromatic rings. The summed E-state index contributed by atoms with van der Waals surface area (Å²) in [5.41, 5.74) is 4.84. The smallest absolute Gasteiger partial charge is 0.203 e. The lowest BCUT2D eigenvalue weighted by Crippen LogP contribution is -2.00. The molecule has 1 aromatic carbocycles. The minimum atomic E-state index is 0.711. The number of aryl methyl sites for hydroxylation is 1. The molecule has 0 aliphatic heterocycles. The number of aromatic nitrogens is 1. The van der Waals surface area contributed by atoms with Gasteiger partial charge in [-0.2, -0.15) is 5.10 Å². The number of rotatable bonds is 9. The fourth-order valence-corrected chi connectivity index (χ4v) is 2.62. The van der Waals surface area contributed by atoms with Crippen molar-refractivity contribution in [2.75, 3.05) is 19.1 Å². The second-order valence-corrected chi connectivity index (χ2v) is 5.99. The van der Waals surface area contributed by atoms with Gasteiger partial charge in [-0.1, -0.05) is 19.8 Å². The third-order valence-electron chi connectivity index (χ3n) is 3.19. The van der Waals surface area contributed by atoms with Gasteiger partial charge in [-0.3, -0.25) is 5.43 Å². The average molecular weight is 333 g/mol. The minimum Gasteiger partial charge on any atom is -0.493 e. The molecule has 6 heteroatoms. The maximum Gasteiger partial charge on any atom is 0.203 e. The molecule has 2 rings (SSSR count). The van der Waals surface area contributed by atoms with E-state index >= 15 is 0 Å². The predicted octanol–water partition coefficient (Wildman–Crippen LogP) is 4.48. The maximum atomic E-state index is 5.77. The average Bonchev–Trinajstić information content (AvgIpc) is 2.97. The molecule has 0 aliphatic carbocycles. The number of nitrogens with one attached hydrogen (secondary N) is 1. The first-order valence-electron chi connectivity index (χ1n) is 7.75. The van der Waals surface area contributed by atoms with E-state index < -0.39 is 0 Å². The Morgan fingerprint density at radius 2 is 2.17 bits per heavy atom. The predicted molar refractivity (Wildman–Crippen MR) is 96.1 cm³/mol. The molecule has 0 saturated carbocycles. The molecule has 0 atom stereocenters. The van der Waals surface area contributed by atoms with E-state index in [9.17, 15) is 0 Å². The van der Waals surface area contributed by atoms with E-state index in [1.165, 1.54) is 24.2 Å². The van der Waals surface area contributed by atoms with Crippen LogP contribution in [0.1, 0.15) is 37.4 Å². The summed E-state index contributed by atoms with van der Waals surface area (Å²) in [6, 6.07) is 5.78. The van der Waals surface area contributed by atoms with Gasteiger partial charge in [0.25, 0.3) is 0 Å². The molecule has 1 heterocycles. The molecule has 1 aromatic heterocycles. The molecule has 124 valence electrons. The largest absolute Gasteiger partial charge is 0.493 e. The molecule has 0 unspecified atom stereocenters. The van der Waals surface area contributed by atoms with Gasteiger partial charge in [0.15, 0.2) is 11.5 Å². The first-order valence-corrected chi connectivity index (χ1v) is 8.63. The number of unbranched alkanes of at least 4 members (excludes halogenated alkanes) is 2. The van der Waals surface area contributed by atoms with Crippen LogP contribution in [0.15, 0.2) is 28.7 Å². The third-order valence-corrected chi connectivity index (χ3v) is 4.05. The zero-order chi connectivity index (χ0) is 16.5. The van der Waals surface area contributed by atoms with Crippen LogP contribution in [0.5, 0.6) is 11.5 Å². The van der Waals surface area contributed by atoms with Gasteiger partial charge in [-0.15, -0.1) is 11.3 Å². The van der Waals surface area contributed by atoms with Gasteiger partial charge in [0.05, 0.1) is 25.6 Å². The van der Waals surface area contributed by atoms with E-state index in [4.69, 9.17) is 9.47 Å². The highest BCUT2D eigenvalue weighted by molar-refractivity contribution is 7.13. The van der Waals surface area contributed by atoms with Crippen molar-refractivity contribution in [3.8, 4) is 11.5 Å².